The number of ether oxygens (including phenoxy) is 1. The van der Waals surface area contributed by atoms with E-state index in [4.69, 9.17) is 4.74 Å². The summed E-state index contributed by atoms with van der Waals surface area (Å²) in [6.07, 6.45) is 3.19. The lowest BCUT2D eigenvalue weighted by Gasteiger charge is -2.09. The number of hydrogen-bond donors (Lipinski definition) is 0. The predicted molar refractivity (Wildman–Crippen MR) is 74.6 cm³/mol. The van der Waals surface area contributed by atoms with Gasteiger partial charge in [-0.25, -0.2) is 0 Å². The number of aromatic nitrogens is 1. The van der Waals surface area contributed by atoms with E-state index in [-0.39, 0.29) is 5.69 Å². The highest BCUT2D eigenvalue weighted by atomic mass is 79.9. The van der Waals surface area contributed by atoms with E-state index in [0.29, 0.717) is 17.1 Å². The smallest absolute Gasteiger partial charge is 0.276 e. The van der Waals surface area contributed by atoms with E-state index < -0.39 is 4.92 Å². The van der Waals surface area contributed by atoms with Crippen molar-refractivity contribution in [3.05, 3.63) is 56.3 Å². The monoisotopic (exact) mass is 322 g/mol. The van der Waals surface area contributed by atoms with Crippen molar-refractivity contribution >= 4 is 21.6 Å². The highest BCUT2D eigenvalue weighted by Crippen LogP contribution is 2.31. The summed E-state index contributed by atoms with van der Waals surface area (Å²) in [4.78, 5) is 14.5. The molecule has 2 rings (SSSR count). The van der Waals surface area contributed by atoms with Gasteiger partial charge in [-0.2, -0.15) is 0 Å². The van der Waals surface area contributed by atoms with Crippen molar-refractivity contribution in [2.24, 2.45) is 0 Å². The fourth-order valence-electron chi connectivity index (χ4n) is 1.70. The Bertz CT molecular complexity index is 644. The molecular formula is C13H11BrN2O3. The summed E-state index contributed by atoms with van der Waals surface area (Å²) < 4.78 is 6.42. The van der Waals surface area contributed by atoms with Crippen molar-refractivity contribution < 1.29 is 9.66 Å². The second kappa shape index (κ2) is 5.36. The van der Waals surface area contributed by atoms with Gasteiger partial charge in [0, 0.05) is 16.2 Å². The topological polar surface area (TPSA) is 65.3 Å². The Kier molecular flexibility index (Phi) is 3.80. The maximum atomic E-state index is 10.9. The van der Waals surface area contributed by atoms with Gasteiger partial charge in [0.1, 0.15) is 11.5 Å². The molecule has 6 heteroatoms. The Morgan fingerprint density at radius 2 is 1.95 bits per heavy atom. The Morgan fingerprint density at radius 3 is 2.58 bits per heavy atom. The van der Waals surface area contributed by atoms with Crippen molar-refractivity contribution in [1.29, 1.82) is 0 Å². The SMILES string of the molecule is Cc1cc(C)c([N+](=O)[O-])cc1Oc1cncc(Br)c1. The molecular weight excluding hydrogens is 312 g/mol. The Labute approximate surface area is 118 Å². The first-order valence-electron chi connectivity index (χ1n) is 5.51. The second-order valence-corrected chi connectivity index (χ2v) is 5.02. The number of nitrogens with zero attached hydrogens (tertiary/aromatic N) is 2. The number of benzene rings is 1. The standard InChI is InChI=1S/C13H11BrN2O3/c1-8-3-9(2)13(5-12(8)16(17)18)19-11-4-10(14)6-15-7-11/h3-7H,1-2H3. The Balaban J connectivity index is 2.40. The summed E-state index contributed by atoms with van der Waals surface area (Å²) in [7, 11) is 0. The van der Waals surface area contributed by atoms with E-state index in [9.17, 15) is 10.1 Å². The van der Waals surface area contributed by atoms with Crippen LogP contribution in [0.15, 0.2) is 35.1 Å². The summed E-state index contributed by atoms with van der Waals surface area (Å²) >= 11 is 3.29. The van der Waals surface area contributed by atoms with Crippen LogP contribution in [0.2, 0.25) is 0 Å². The van der Waals surface area contributed by atoms with E-state index in [2.05, 4.69) is 20.9 Å². The molecule has 0 spiro atoms. The summed E-state index contributed by atoms with van der Waals surface area (Å²) in [5, 5.41) is 10.9. The van der Waals surface area contributed by atoms with Crippen LogP contribution in [0.5, 0.6) is 11.5 Å². The van der Waals surface area contributed by atoms with Gasteiger partial charge in [0.05, 0.1) is 17.2 Å². The molecule has 0 unspecified atom stereocenters. The van der Waals surface area contributed by atoms with Crippen molar-refractivity contribution in [2.45, 2.75) is 13.8 Å². The molecule has 0 bridgehead atoms. The molecule has 0 aliphatic rings. The van der Waals surface area contributed by atoms with Crippen LogP contribution in [0, 0.1) is 24.0 Å². The maximum Gasteiger partial charge on any atom is 0.276 e. The summed E-state index contributed by atoms with van der Waals surface area (Å²) in [5.41, 5.74) is 1.49. The third-order valence-corrected chi connectivity index (χ3v) is 3.03. The van der Waals surface area contributed by atoms with Crippen molar-refractivity contribution in [3.8, 4) is 11.5 Å². The van der Waals surface area contributed by atoms with Gasteiger partial charge in [-0.15, -0.1) is 0 Å². The first kappa shape index (κ1) is 13.5. The minimum absolute atomic E-state index is 0.0450. The lowest BCUT2D eigenvalue weighted by Crippen LogP contribution is -1.95. The zero-order valence-corrected chi connectivity index (χ0v) is 12.0. The molecule has 0 radical (unpaired) electrons. The fraction of sp³-hybridized carbons (Fsp3) is 0.154. The molecule has 1 aromatic heterocycles. The molecule has 0 saturated carbocycles. The van der Waals surface area contributed by atoms with Gasteiger partial charge in [-0.3, -0.25) is 15.1 Å². The van der Waals surface area contributed by atoms with Crippen molar-refractivity contribution in [1.82, 2.24) is 4.98 Å². The van der Waals surface area contributed by atoms with Crippen LogP contribution in [0.1, 0.15) is 11.1 Å². The molecule has 2 aromatic rings. The number of nitro benzene ring substituents is 1. The number of nitro groups is 1. The van der Waals surface area contributed by atoms with Crippen LogP contribution in [-0.2, 0) is 0 Å². The van der Waals surface area contributed by atoms with E-state index in [1.165, 1.54) is 6.07 Å². The Hall–Kier alpha value is -1.95. The molecule has 0 N–H and O–H groups in total. The molecule has 19 heavy (non-hydrogen) atoms. The zero-order valence-electron chi connectivity index (χ0n) is 10.4. The highest BCUT2D eigenvalue weighted by molar-refractivity contribution is 9.10. The number of aryl methyl sites for hydroxylation is 2. The highest BCUT2D eigenvalue weighted by Gasteiger charge is 2.15. The van der Waals surface area contributed by atoms with Gasteiger partial charge in [-0.05, 0) is 47.5 Å². The maximum absolute atomic E-state index is 10.9. The quantitative estimate of drug-likeness (QED) is 0.628. The second-order valence-electron chi connectivity index (χ2n) is 4.10. The lowest BCUT2D eigenvalue weighted by atomic mass is 10.1. The van der Waals surface area contributed by atoms with E-state index in [1.807, 2.05) is 6.92 Å². The number of halogens is 1. The third kappa shape index (κ3) is 3.08. The van der Waals surface area contributed by atoms with Crippen LogP contribution in [0.25, 0.3) is 0 Å². The molecule has 0 amide bonds. The van der Waals surface area contributed by atoms with Gasteiger partial charge >= 0.3 is 0 Å². The summed E-state index contributed by atoms with van der Waals surface area (Å²) in [6, 6.07) is 4.92. The van der Waals surface area contributed by atoms with E-state index in [1.54, 1.807) is 31.5 Å². The van der Waals surface area contributed by atoms with Gasteiger partial charge in [0.15, 0.2) is 0 Å². The molecule has 0 saturated heterocycles. The van der Waals surface area contributed by atoms with Gasteiger partial charge in [-0.1, -0.05) is 0 Å². The molecule has 98 valence electrons. The Morgan fingerprint density at radius 1 is 1.21 bits per heavy atom. The average Bonchev–Trinajstić information content (AvgIpc) is 2.32. The van der Waals surface area contributed by atoms with Crippen molar-refractivity contribution in [2.75, 3.05) is 0 Å². The lowest BCUT2D eigenvalue weighted by molar-refractivity contribution is -0.385. The zero-order chi connectivity index (χ0) is 14.0. The third-order valence-electron chi connectivity index (χ3n) is 2.60. The average molecular weight is 323 g/mol. The van der Waals surface area contributed by atoms with Crippen LogP contribution in [-0.4, -0.2) is 9.91 Å². The van der Waals surface area contributed by atoms with Gasteiger partial charge in [0.25, 0.3) is 5.69 Å². The number of rotatable bonds is 3. The minimum atomic E-state index is -0.416. The summed E-state index contributed by atoms with van der Waals surface area (Å²) in [6.45, 7) is 3.55. The van der Waals surface area contributed by atoms with Gasteiger partial charge in [0.2, 0.25) is 0 Å². The van der Waals surface area contributed by atoms with Crippen LogP contribution < -0.4 is 4.74 Å². The fourth-order valence-corrected chi connectivity index (χ4v) is 2.05. The molecule has 0 aliphatic carbocycles. The first-order valence-corrected chi connectivity index (χ1v) is 6.30. The molecule has 1 heterocycles. The number of hydrogen-bond acceptors (Lipinski definition) is 4. The molecule has 5 nitrogen and oxygen atoms in total. The van der Waals surface area contributed by atoms with Gasteiger partial charge < -0.3 is 4.74 Å². The molecule has 1 aromatic carbocycles. The molecule has 0 aliphatic heterocycles. The molecule has 0 atom stereocenters. The van der Waals surface area contributed by atoms with Crippen LogP contribution in [0.3, 0.4) is 0 Å². The van der Waals surface area contributed by atoms with Crippen LogP contribution >= 0.6 is 15.9 Å². The summed E-state index contributed by atoms with van der Waals surface area (Å²) in [5.74, 6) is 0.979. The predicted octanol–water partition coefficient (Wildman–Crippen LogP) is 4.16. The van der Waals surface area contributed by atoms with Crippen LogP contribution in [0.4, 0.5) is 5.69 Å². The molecule has 0 fully saturated rings. The minimum Gasteiger partial charge on any atom is -0.455 e. The van der Waals surface area contributed by atoms with Crippen molar-refractivity contribution in [3.63, 3.8) is 0 Å². The normalized spacial score (nSPS) is 10.3. The number of pyridine rings is 1. The van der Waals surface area contributed by atoms with E-state index >= 15 is 0 Å². The van der Waals surface area contributed by atoms with E-state index in [0.717, 1.165) is 10.0 Å². The largest absolute Gasteiger partial charge is 0.455 e. The first-order chi connectivity index (χ1) is 8.97.